The second-order valence-electron chi connectivity index (χ2n) is 4.59. The quantitative estimate of drug-likeness (QED) is 0.769. The van der Waals surface area contributed by atoms with Crippen molar-refractivity contribution in [3.05, 3.63) is 47.5 Å². The summed E-state index contributed by atoms with van der Waals surface area (Å²) in [5, 5.41) is 7.66. The highest BCUT2D eigenvalue weighted by atomic mass is 32.2. The van der Waals surface area contributed by atoms with E-state index in [9.17, 15) is 8.42 Å². The molecule has 114 valence electrons. The number of nitrogens with zero attached hydrogens (tertiary/aromatic N) is 3. The van der Waals surface area contributed by atoms with Crippen molar-refractivity contribution in [2.24, 2.45) is 5.73 Å². The predicted octanol–water partition coefficient (Wildman–Crippen LogP) is 0.376. The fraction of sp³-hybridized carbons (Fsp3) is 0.385. The number of sulfonamides is 1. The van der Waals surface area contributed by atoms with Crippen LogP contribution in [0.25, 0.3) is 0 Å². The Hall–Kier alpha value is -1.77. The average Bonchev–Trinajstić information content (AvgIpc) is 2.93. The van der Waals surface area contributed by atoms with Gasteiger partial charge in [0.05, 0.1) is 12.3 Å². The second-order valence-corrected chi connectivity index (χ2v) is 6.39. The standard InChI is InChI=1S/C13H19N5O2S/c1-2-18-10-15-17-13(18)8-16-21(19,20)9-12-6-4-3-5-11(12)7-14/h3-6,10,16H,2,7-9,14H2,1H3. The predicted molar refractivity (Wildman–Crippen MR) is 79.5 cm³/mol. The highest BCUT2D eigenvalue weighted by Gasteiger charge is 2.15. The molecule has 3 N–H and O–H groups in total. The summed E-state index contributed by atoms with van der Waals surface area (Å²) in [6.45, 7) is 3.08. The number of aryl methyl sites for hydroxylation is 1. The van der Waals surface area contributed by atoms with Crippen LogP contribution in [0.1, 0.15) is 23.9 Å². The maximum atomic E-state index is 12.2. The summed E-state index contributed by atoms with van der Waals surface area (Å²) in [5.41, 5.74) is 7.17. The Bertz CT molecular complexity index is 696. The number of hydrogen-bond acceptors (Lipinski definition) is 5. The molecular weight excluding hydrogens is 290 g/mol. The summed E-state index contributed by atoms with van der Waals surface area (Å²) in [4.78, 5) is 0. The molecule has 0 bridgehead atoms. The van der Waals surface area contributed by atoms with Gasteiger partial charge in [0.15, 0.2) is 0 Å². The van der Waals surface area contributed by atoms with E-state index in [1.54, 1.807) is 23.0 Å². The zero-order valence-electron chi connectivity index (χ0n) is 11.9. The van der Waals surface area contributed by atoms with Crippen LogP contribution in [0.5, 0.6) is 0 Å². The Morgan fingerprint density at radius 2 is 2.00 bits per heavy atom. The summed E-state index contributed by atoms with van der Waals surface area (Å²) < 4.78 is 28.6. The lowest BCUT2D eigenvalue weighted by Gasteiger charge is -2.10. The summed E-state index contributed by atoms with van der Waals surface area (Å²) in [5.74, 6) is 0.494. The Balaban J connectivity index is 2.05. The molecule has 0 aliphatic heterocycles. The first kappa shape index (κ1) is 15.6. The van der Waals surface area contributed by atoms with Crippen LogP contribution in [0.3, 0.4) is 0 Å². The Kier molecular flexibility index (Phi) is 5.05. The Morgan fingerprint density at radius 3 is 2.67 bits per heavy atom. The van der Waals surface area contributed by atoms with Crippen LogP contribution < -0.4 is 10.5 Å². The number of nitrogens with one attached hydrogen (secondary N) is 1. The van der Waals surface area contributed by atoms with Gasteiger partial charge in [-0.2, -0.15) is 0 Å². The molecule has 0 aliphatic rings. The van der Waals surface area contributed by atoms with Crippen LogP contribution in [0, 0.1) is 0 Å². The molecule has 0 saturated carbocycles. The zero-order valence-corrected chi connectivity index (χ0v) is 12.7. The van der Waals surface area contributed by atoms with E-state index in [0.29, 0.717) is 24.5 Å². The first-order chi connectivity index (χ1) is 10.1. The number of nitrogens with two attached hydrogens (primary N) is 1. The number of rotatable bonds is 7. The highest BCUT2D eigenvalue weighted by Crippen LogP contribution is 2.11. The maximum Gasteiger partial charge on any atom is 0.216 e. The zero-order chi connectivity index (χ0) is 15.3. The molecule has 1 aromatic heterocycles. The fourth-order valence-electron chi connectivity index (χ4n) is 2.01. The van der Waals surface area contributed by atoms with Crippen LogP contribution in [0.4, 0.5) is 0 Å². The van der Waals surface area contributed by atoms with Gasteiger partial charge in [-0.1, -0.05) is 24.3 Å². The molecule has 0 unspecified atom stereocenters. The molecule has 0 spiro atoms. The molecule has 1 aromatic carbocycles. The van der Waals surface area contributed by atoms with Crippen molar-refractivity contribution in [1.82, 2.24) is 19.5 Å². The smallest absolute Gasteiger partial charge is 0.216 e. The van der Waals surface area contributed by atoms with Gasteiger partial charge < -0.3 is 10.3 Å². The first-order valence-electron chi connectivity index (χ1n) is 6.66. The van der Waals surface area contributed by atoms with Gasteiger partial charge in [-0.25, -0.2) is 13.1 Å². The Morgan fingerprint density at radius 1 is 1.29 bits per heavy atom. The van der Waals surface area contributed by atoms with Crippen LogP contribution >= 0.6 is 0 Å². The lowest BCUT2D eigenvalue weighted by molar-refractivity contribution is 0.574. The summed E-state index contributed by atoms with van der Waals surface area (Å²) in [6.07, 6.45) is 1.58. The molecule has 0 radical (unpaired) electrons. The molecule has 0 aliphatic carbocycles. The molecule has 7 nitrogen and oxygen atoms in total. The number of benzene rings is 1. The molecule has 0 fully saturated rings. The van der Waals surface area contributed by atoms with Gasteiger partial charge in [-0.05, 0) is 18.1 Å². The van der Waals surface area contributed by atoms with Gasteiger partial charge in [0.1, 0.15) is 12.2 Å². The van der Waals surface area contributed by atoms with Gasteiger partial charge in [0.25, 0.3) is 0 Å². The fourth-order valence-corrected chi connectivity index (χ4v) is 3.15. The monoisotopic (exact) mass is 309 g/mol. The van der Waals surface area contributed by atoms with Crippen LogP contribution in [0.15, 0.2) is 30.6 Å². The van der Waals surface area contributed by atoms with E-state index < -0.39 is 10.0 Å². The SMILES string of the molecule is CCn1cnnc1CNS(=O)(=O)Cc1ccccc1CN. The van der Waals surface area contributed by atoms with Crippen LogP contribution in [-0.4, -0.2) is 23.2 Å². The van der Waals surface area contributed by atoms with Gasteiger partial charge in [-0.15, -0.1) is 10.2 Å². The van der Waals surface area contributed by atoms with Gasteiger partial charge in [0, 0.05) is 13.1 Å². The maximum absolute atomic E-state index is 12.2. The molecule has 2 aromatic rings. The summed E-state index contributed by atoms with van der Waals surface area (Å²) >= 11 is 0. The lowest BCUT2D eigenvalue weighted by atomic mass is 10.1. The van der Waals surface area contributed by atoms with Crippen LogP contribution in [-0.2, 0) is 35.4 Å². The van der Waals surface area contributed by atoms with Crippen LogP contribution in [0.2, 0.25) is 0 Å². The third-order valence-corrected chi connectivity index (χ3v) is 4.45. The highest BCUT2D eigenvalue weighted by molar-refractivity contribution is 7.88. The minimum Gasteiger partial charge on any atom is -0.326 e. The largest absolute Gasteiger partial charge is 0.326 e. The van der Waals surface area contributed by atoms with Gasteiger partial charge in [0.2, 0.25) is 10.0 Å². The van der Waals surface area contributed by atoms with Crippen molar-refractivity contribution in [1.29, 1.82) is 0 Å². The van der Waals surface area contributed by atoms with E-state index in [0.717, 1.165) is 5.56 Å². The van der Waals surface area contributed by atoms with E-state index in [-0.39, 0.29) is 12.3 Å². The van der Waals surface area contributed by atoms with Crippen molar-refractivity contribution < 1.29 is 8.42 Å². The first-order valence-corrected chi connectivity index (χ1v) is 8.32. The van der Waals surface area contributed by atoms with E-state index in [2.05, 4.69) is 14.9 Å². The van der Waals surface area contributed by atoms with Crippen molar-refractivity contribution in [2.45, 2.75) is 32.3 Å². The third kappa shape index (κ3) is 4.10. The Labute approximate surface area is 124 Å². The second kappa shape index (κ2) is 6.79. The normalized spacial score (nSPS) is 11.7. The topological polar surface area (TPSA) is 103 Å². The van der Waals surface area contributed by atoms with Crippen molar-refractivity contribution in [3.63, 3.8) is 0 Å². The van der Waals surface area contributed by atoms with E-state index in [1.165, 1.54) is 0 Å². The summed E-state index contributed by atoms with van der Waals surface area (Å²) in [7, 11) is -3.45. The minimum absolute atomic E-state index is 0.0966. The number of aromatic nitrogens is 3. The molecule has 21 heavy (non-hydrogen) atoms. The average molecular weight is 309 g/mol. The molecular formula is C13H19N5O2S. The van der Waals surface area contributed by atoms with Gasteiger partial charge >= 0.3 is 0 Å². The van der Waals surface area contributed by atoms with E-state index >= 15 is 0 Å². The molecule has 0 amide bonds. The summed E-state index contributed by atoms with van der Waals surface area (Å²) in [6, 6.07) is 7.25. The lowest BCUT2D eigenvalue weighted by Crippen LogP contribution is -2.26. The molecule has 2 rings (SSSR count). The third-order valence-electron chi connectivity index (χ3n) is 3.17. The molecule has 8 heteroatoms. The van der Waals surface area contributed by atoms with Gasteiger partial charge in [-0.3, -0.25) is 0 Å². The molecule has 0 atom stereocenters. The number of hydrogen-bond donors (Lipinski definition) is 2. The minimum atomic E-state index is -3.45. The van der Waals surface area contributed by atoms with Crippen molar-refractivity contribution in [2.75, 3.05) is 0 Å². The van der Waals surface area contributed by atoms with E-state index in [4.69, 9.17) is 5.73 Å². The van der Waals surface area contributed by atoms with E-state index in [1.807, 2.05) is 19.1 Å². The van der Waals surface area contributed by atoms with Crippen molar-refractivity contribution >= 4 is 10.0 Å². The molecule has 0 saturated heterocycles. The molecule has 1 heterocycles. The van der Waals surface area contributed by atoms with Crippen molar-refractivity contribution in [3.8, 4) is 0 Å².